The first-order chi connectivity index (χ1) is 14.4. The van der Waals surface area contributed by atoms with Crippen molar-refractivity contribution in [1.82, 2.24) is 10.6 Å². The summed E-state index contributed by atoms with van der Waals surface area (Å²) < 4.78 is 40.7. The monoisotopic (exact) mass is 430 g/mol. The van der Waals surface area contributed by atoms with Crippen molar-refractivity contribution in [1.29, 1.82) is 0 Å². The van der Waals surface area contributed by atoms with Crippen molar-refractivity contribution >= 4 is 21.7 Å². The van der Waals surface area contributed by atoms with Gasteiger partial charge in [0.25, 0.3) is 0 Å². The largest absolute Gasteiger partial charge is 0.356 e. The van der Waals surface area contributed by atoms with Crippen LogP contribution in [0.25, 0.3) is 0 Å². The lowest BCUT2D eigenvalue weighted by molar-refractivity contribution is 0.590. The topological polar surface area (TPSA) is 73.8 Å². The molecule has 0 aromatic heterocycles. The molecule has 0 bridgehead atoms. The lowest BCUT2D eigenvalue weighted by Gasteiger charge is -2.21. The highest BCUT2D eigenvalue weighted by atomic mass is 32.2. The van der Waals surface area contributed by atoms with E-state index in [0.29, 0.717) is 19.0 Å². The van der Waals surface area contributed by atoms with Crippen LogP contribution in [-0.2, 0) is 21.9 Å². The summed E-state index contributed by atoms with van der Waals surface area (Å²) in [6.45, 7) is 1.38. The van der Waals surface area contributed by atoms with Crippen LogP contribution >= 0.6 is 0 Å². The van der Waals surface area contributed by atoms with Gasteiger partial charge in [0.1, 0.15) is 5.82 Å². The predicted octanol–water partition coefficient (Wildman–Crippen LogP) is 2.41. The maximum atomic E-state index is 13.6. The maximum Gasteiger partial charge on any atom is 0.236 e. The Labute approximate surface area is 177 Å². The zero-order valence-electron chi connectivity index (χ0n) is 17.1. The number of nitrogens with one attached hydrogen (secondary N) is 2. The number of nitrogens with zero attached hydrogens (tertiary/aromatic N) is 2. The molecule has 0 radical (unpaired) electrons. The van der Waals surface area contributed by atoms with Crippen LogP contribution in [0.5, 0.6) is 0 Å². The molecule has 160 valence electrons. The third-order valence-electron chi connectivity index (χ3n) is 5.94. The van der Waals surface area contributed by atoms with E-state index in [2.05, 4.69) is 15.6 Å². The van der Waals surface area contributed by atoms with Gasteiger partial charge in [0.05, 0.1) is 11.4 Å². The fourth-order valence-electron chi connectivity index (χ4n) is 4.02. The molecule has 0 atom stereocenters. The SMILES string of the molecule is CN=C(NCCS(=O)(=O)N1CCc2ccccc21)NCC1(c2cccc(F)c2)CC1. The number of anilines is 1. The van der Waals surface area contributed by atoms with Gasteiger partial charge in [-0.2, -0.15) is 0 Å². The first-order valence-electron chi connectivity index (χ1n) is 10.2. The number of halogens is 1. The molecule has 30 heavy (non-hydrogen) atoms. The fraction of sp³-hybridized carbons (Fsp3) is 0.409. The third-order valence-corrected chi connectivity index (χ3v) is 7.71. The number of sulfonamides is 1. The fourth-order valence-corrected chi connectivity index (χ4v) is 5.44. The standard InChI is InChI=1S/C22H27FN4O2S/c1-24-21(26-16-22(10-11-22)18-6-4-7-19(23)15-18)25-12-14-30(28,29)27-13-9-17-5-2-3-8-20(17)27/h2-8,15H,9-14,16H2,1H3,(H2,24,25,26). The number of rotatable bonds is 7. The summed E-state index contributed by atoms with van der Waals surface area (Å²) in [7, 11) is -1.75. The van der Waals surface area contributed by atoms with E-state index in [9.17, 15) is 12.8 Å². The Hall–Kier alpha value is -2.61. The van der Waals surface area contributed by atoms with E-state index in [1.807, 2.05) is 30.3 Å². The first-order valence-corrected chi connectivity index (χ1v) is 11.8. The molecule has 1 fully saturated rings. The Bertz CT molecular complexity index is 1050. The Morgan fingerprint density at radius 3 is 2.70 bits per heavy atom. The van der Waals surface area contributed by atoms with Crippen molar-refractivity contribution in [2.45, 2.75) is 24.7 Å². The average Bonchev–Trinajstić information content (AvgIpc) is 3.40. The molecule has 0 saturated heterocycles. The molecule has 0 amide bonds. The second kappa shape index (κ2) is 8.26. The average molecular weight is 431 g/mol. The van der Waals surface area contributed by atoms with Crippen LogP contribution in [0.1, 0.15) is 24.0 Å². The number of guanidine groups is 1. The summed E-state index contributed by atoms with van der Waals surface area (Å²) in [6.07, 6.45) is 2.72. The summed E-state index contributed by atoms with van der Waals surface area (Å²) in [4.78, 5) is 4.20. The summed E-state index contributed by atoms with van der Waals surface area (Å²) in [5, 5.41) is 6.36. The number of aliphatic imine (C=N–C) groups is 1. The Kier molecular flexibility index (Phi) is 5.69. The first kappa shape index (κ1) is 20.7. The minimum atomic E-state index is -3.41. The van der Waals surface area contributed by atoms with Gasteiger partial charge in [-0.25, -0.2) is 12.8 Å². The molecule has 2 aromatic carbocycles. The van der Waals surface area contributed by atoms with Gasteiger partial charge >= 0.3 is 0 Å². The van der Waals surface area contributed by atoms with Crippen LogP contribution in [-0.4, -0.2) is 46.8 Å². The van der Waals surface area contributed by atoms with Gasteiger partial charge in [0, 0.05) is 32.1 Å². The summed E-state index contributed by atoms with van der Waals surface area (Å²) in [6, 6.07) is 14.4. The Morgan fingerprint density at radius 1 is 1.17 bits per heavy atom. The molecule has 2 aliphatic rings. The van der Waals surface area contributed by atoms with E-state index < -0.39 is 10.0 Å². The van der Waals surface area contributed by atoms with Crippen molar-refractivity contribution in [2.75, 3.05) is 36.7 Å². The van der Waals surface area contributed by atoms with Crippen LogP contribution in [0.2, 0.25) is 0 Å². The molecule has 4 rings (SSSR count). The molecule has 1 aliphatic heterocycles. The zero-order valence-corrected chi connectivity index (χ0v) is 17.9. The molecule has 1 saturated carbocycles. The number of hydrogen-bond donors (Lipinski definition) is 2. The summed E-state index contributed by atoms with van der Waals surface area (Å²) >= 11 is 0. The van der Waals surface area contributed by atoms with Crippen LogP contribution in [0.4, 0.5) is 10.1 Å². The number of para-hydroxylation sites is 1. The third kappa shape index (κ3) is 4.28. The summed E-state index contributed by atoms with van der Waals surface area (Å²) in [5.41, 5.74) is 2.76. The van der Waals surface area contributed by atoms with Gasteiger partial charge in [-0.1, -0.05) is 30.3 Å². The Balaban J connectivity index is 1.30. The van der Waals surface area contributed by atoms with Crippen molar-refractivity contribution < 1.29 is 12.8 Å². The van der Waals surface area contributed by atoms with E-state index in [1.165, 1.54) is 10.4 Å². The van der Waals surface area contributed by atoms with Gasteiger partial charge in [-0.05, 0) is 48.6 Å². The second-order valence-electron chi connectivity index (χ2n) is 7.91. The molecule has 1 heterocycles. The molecule has 2 aromatic rings. The molecular formula is C22H27FN4O2S. The number of benzene rings is 2. The molecule has 0 spiro atoms. The minimum Gasteiger partial charge on any atom is -0.356 e. The second-order valence-corrected chi connectivity index (χ2v) is 9.92. The van der Waals surface area contributed by atoms with Crippen molar-refractivity contribution in [3.8, 4) is 0 Å². The smallest absolute Gasteiger partial charge is 0.236 e. The van der Waals surface area contributed by atoms with Gasteiger partial charge in [-0.15, -0.1) is 0 Å². The van der Waals surface area contributed by atoms with Crippen LogP contribution < -0.4 is 14.9 Å². The predicted molar refractivity (Wildman–Crippen MR) is 118 cm³/mol. The number of fused-ring (bicyclic) bond motifs is 1. The van der Waals surface area contributed by atoms with Crippen LogP contribution in [0.3, 0.4) is 0 Å². The normalized spacial score (nSPS) is 17.5. The van der Waals surface area contributed by atoms with E-state index in [-0.39, 0.29) is 23.5 Å². The zero-order chi connectivity index (χ0) is 21.2. The van der Waals surface area contributed by atoms with E-state index in [0.717, 1.165) is 36.1 Å². The molecule has 1 aliphatic carbocycles. The maximum absolute atomic E-state index is 13.6. The minimum absolute atomic E-state index is 0.0168. The lowest BCUT2D eigenvalue weighted by atomic mass is 9.96. The van der Waals surface area contributed by atoms with Crippen molar-refractivity contribution in [3.63, 3.8) is 0 Å². The van der Waals surface area contributed by atoms with Gasteiger partial charge in [0.2, 0.25) is 10.0 Å². The van der Waals surface area contributed by atoms with Gasteiger partial charge in [0.15, 0.2) is 5.96 Å². The number of hydrogen-bond acceptors (Lipinski definition) is 3. The molecular weight excluding hydrogens is 403 g/mol. The van der Waals surface area contributed by atoms with E-state index in [4.69, 9.17) is 0 Å². The highest BCUT2D eigenvalue weighted by Crippen LogP contribution is 2.47. The lowest BCUT2D eigenvalue weighted by Crippen LogP contribution is -2.44. The molecule has 2 N–H and O–H groups in total. The van der Waals surface area contributed by atoms with Gasteiger partial charge in [-0.3, -0.25) is 9.30 Å². The Morgan fingerprint density at radius 2 is 1.97 bits per heavy atom. The molecule has 6 nitrogen and oxygen atoms in total. The summed E-state index contributed by atoms with van der Waals surface area (Å²) in [5.74, 6) is 0.307. The highest BCUT2D eigenvalue weighted by Gasteiger charge is 2.44. The van der Waals surface area contributed by atoms with E-state index >= 15 is 0 Å². The van der Waals surface area contributed by atoms with Gasteiger partial charge < -0.3 is 10.6 Å². The van der Waals surface area contributed by atoms with Crippen LogP contribution in [0, 0.1) is 5.82 Å². The highest BCUT2D eigenvalue weighted by molar-refractivity contribution is 7.92. The molecule has 0 unspecified atom stereocenters. The van der Waals surface area contributed by atoms with Crippen LogP contribution in [0.15, 0.2) is 53.5 Å². The molecule has 8 heteroatoms. The van der Waals surface area contributed by atoms with E-state index in [1.54, 1.807) is 19.2 Å². The quantitative estimate of drug-likeness (QED) is 0.523. The van der Waals surface area contributed by atoms with Crippen molar-refractivity contribution in [2.24, 2.45) is 4.99 Å². The van der Waals surface area contributed by atoms with Crippen molar-refractivity contribution in [3.05, 3.63) is 65.5 Å².